The van der Waals surface area contributed by atoms with Crippen molar-refractivity contribution < 1.29 is 9.59 Å². The first-order valence-corrected chi connectivity index (χ1v) is 9.57. The van der Waals surface area contributed by atoms with Crippen molar-refractivity contribution >= 4 is 34.0 Å². The number of carbonyl (C=O) groups is 2. The summed E-state index contributed by atoms with van der Waals surface area (Å²) >= 11 is 1.30. The summed E-state index contributed by atoms with van der Waals surface area (Å²) in [6, 6.07) is 13.3. The van der Waals surface area contributed by atoms with E-state index < -0.39 is 11.8 Å². The number of anilines is 1. The fourth-order valence-electron chi connectivity index (χ4n) is 2.95. The standard InChI is InChI=1S/C20H17N5O2S/c1-13-17(19(27)25(24-13)11-14-6-3-2-4-7-14)18(26)23-20-22-16(12-28-20)15-8-5-9-21-10-15/h2-10,12,17H,11H2,1H3,(H,22,23,26)/t17-/m1/s1. The number of rotatable bonds is 5. The van der Waals surface area contributed by atoms with Gasteiger partial charge in [-0.15, -0.1) is 11.3 Å². The van der Waals surface area contributed by atoms with Crippen LogP contribution in [0.2, 0.25) is 0 Å². The van der Waals surface area contributed by atoms with Gasteiger partial charge in [-0.3, -0.25) is 14.6 Å². The van der Waals surface area contributed by atoms with Crippen molar-refractivity contribution in [3.05, 3.63) is 65.8 Å². The Hall–Kier alpha value is -3.39. The van der Waals surface area contributed by atoms with Crippen molar-refractivity contribution in [3.63, 3.8) is 0 Å². The third-order valence-electron chi connectivity index (χ3n) is 4.33. The van der Waals surface area contributed by atoms with Gasteiger partial charge in [-0.25, -0.2) is 9.99 Å². The number of nitrogens with one attached hydrogen (secondary N) is 1. The maximum absolute atomic E-state index is 12.7. The van der Waals surface area contributed by atoms with Crippen LogP contribution in [0.25, 0.3) is 11.3 Å². The van der Waals surface area contributed by atoms with E-state index in [1.54, 1.807) is 19.3 Å². The highest BCUT2D eigenvalue weighted by Gasteiger charge is 2.39. The van der Waals surface area contributed by atoms with E-state index in [0.717, 1.165) is 16.8 Å². The van der Waals surface area contributed by atoms with Gasteiger partial charge in [0.15, 0.2) is 11.0 Å². The molecule has 7 nitrogen and oxygen atoms in total. The van der Waals surface area contributed by atoms with E-state index in [0.29, 0.717) is 17.4 Å². The fourth-order valence-corrected chi connectivity index (χ4v) is 3.67. The molecule has 1 aliphatic heterocycles. The highest BCUT2D eigenvalue weighted by atomic mass is 32.1. The Morgan fingerprint density at radius 2 is 2.04 bits per heavy atom. The predicted octanol–water partition coefficient (Wildman–Crippen LogP) is 3.18. The molecule has 0 saturated carbocycles. The number of nitrogens with zero attached hydrogens (tertiary/aromatic N) is 4. The molecule has 0 radical (unpaired) electrons. The van der Waals surface area contributed by atoms with Crippen LogP contribution in [0.1, 0.15) is 12.5 Å². The maximum atomic E-state index is 12.7. The summed E-state index contributed by atoms with van der Waals surface area (Å²) in [4.78, 5) is 33.9. The van der Waals surface area contributed by atoms with Gasteiger partial charge in [0, 0.05) is 23.3 Å². The van der Waals surface area contributed by atoms with E-state index in [2.05, 4.69) is 20.4 Å². The van der Waals surface area contributed by atoms with Crippen LogP contribution in [-0.2, 0) is 16.1 Å². The highest BCUT2D eigenvalue weighted by molar-refractivity contribution is 7.14. The molecule has 0 saturated heterocycles. The zero-order valence-electron chi connectivity index (χ0n) is 15.1. The first-order valence-electron chi connectivity index (χ1n) is 8.69. The molecule has 28 heavy (non-hydrogen) atoms. The van der Waals surface area contributed by atoms with Gasteiger partial charge in [0.1, 0.15) is 0 Å². The van der Waals surface area contributed by atoms with E-state index in [1.165, 1.54) is 16.3 Å². The summed E-state index contributed by atoms with van der Waals surface area (Å²) in [5.74, 6) is -1.69. The highest BCUT2D eigenvalue weighted by Crippen LogP contribution is 2.26. The molecule has 2 aromatic heterocycles. The summed E-state index contributed by atoms with van der Waals surface area (Å²) in [5.41, 5.74) is 3.02. The smallest absolute Gasteiger partial charge is 0.261 e. The zero-order chi connectivity index (χ0) is 19.5. The van der Waals surface area contributed by atoms with Crippen LogP contribution in [0.4, 0.5) is 5.13 Å². The lowest BCUT2D eigenvalue weighted by Crippen LogP contribution is -2.36. The van der Waals surface area contributed by atoms with Crippen LogP contribution >= 0.6 is 11.3 Å². The molecule has 140 valence electrons. The Labute approximate surface area is 165 Å². The summed E-state index contributed by atoms with van der Waals surface area (Å²) in [5, 5.41) is 10.6. The SMILES string of the molecule is CC1=NN(Cc2ccccc2)C(=O)[C@H]1C(=O)Nc1nc(-c2cccnc2)cs1. The van der Waals surface area contributed by atoms with Gasteiger partial charge in [0.2, 0.25) is 5.91 Å². The second-order valence-corrected chi connectivity index (χ2v) is 7.18. The Balaban J connectivity index is 1.44. The van der Waals surface area contributed by atoms with Crippen molar-refractivity contribution in [2.45, 2.75) is 13.5 Å². The summed E-state index contributed by atoms with van der Waals surface area (Å²) in [7, 11) is 0. The maximum Gasteiger partial charge on any atom is 0.261 e. The molecule has 0 bridgehead atoms. The predicted molar refractivity (Wildman–Crippen MR) is 108 cm³/mol. The fraction of sp³-hybridized carbons (Fsp3) is 0.150. The third-order valence-corrected chi connectivity index (χ3v) is 5.08. The number of hydrazone groups is 1. The van der Waals surface area contributed by atoms with Gasteiger partial charge >= 0.3 is 0 Å². The van der Waals surface area contributed by atoms with Crippen LogP contribution in [0.5, 0.6) is 0 Å². The molecule has 1 aliphatic rings. The van der Waals surface area contributed by atoms with E-state index in [-0.39, 0.29) is 5.91 Å². The normalized spacial score (nSPS) is 16.2. The molecule has 0 spiro atoms. The molecule has 2 amide bonds. The molecule has 3 heterocycles. The lowest BCUT2D eigenvalue weighted by Gasteiger charge is -2.14. The second kappa shape index (κ2) is 7.69. The van der Waals surface area contributed by atoms with Gasteiger partial charge < -0.3 is 5.32 Å². The minimum atomic E-state index is -0.936. The Morgan fingerprint density at radius 3 is 2.79 bits per heavy atom. The van der Waals surface area contributed by atoms with Crippen LogP contribution in [0, 0.1) is 5.92 Å². The number of pyridine rings is 1. The molecule has 0 unspecified atom stereocenters. The monoisotopic (exact) mass is 391 g/mol. The lowest BCUT2D eigenvalue weighted by atomic mass is 10.0. The van der Waals surface area contributed by atoms with Gasteiger partial charge in [-0.1, -0.05) is 30.3 Å². The number of hydrogen-bond donors (Lipinski definition) is 1. The van der Waals surface area contributed by atoms with Gasteiger partial charge in [0.05, 0.1) is 18.0 Å². The summed E-state index contributed by atoms with van der Waals surface area (Å²) < 4.78 is 0. The first kappa shape index (κ1) is 18.0. The molecule has 3 aromatic rings. The van der Waals surface area contributed by atoms with Crippen molar-refractivity contribution in [2.24, 2.45) is 11.0 Å². The van der Waals surface area contributed by atoms with E-state index >= 15 is 0 Å². The van der Waals surface area contributed by atoms with E-state index in [4.69, 9.17) is 0 Å². The molecule has 0 aliphatic carbocycles. The van der Waals surface area contributed by atoms with Crippen molar-refractivity contribution in [1.82, 2.24) is 15.0 Å². The van der Waals surface area contributed by atoms with Gasteiger partial charge in [-0.05, 0) is 24.6 Å². The molecular formula is C20H17N5O2S. The molecule has 1 N–H and O–H groups in total. The number of benzene rings is 1. The average molecular weight is 391 g/mol. The Kier molecular flexibility index (Phi) is 4.94. The largest absolute Gasteiger partial charge is 0.301 e. The molecular weight excluding hydrogens is 374 g/mol. The van der Waals surface area contributed by atoms with Crippen molar-refractivity contribution in [2.75, 3.05) is 5.32 Å². The summed E-state index contributed by atoms with van der Waals surface area (Å²) in [6.07, 6.45) is 3.40. The van der Waals surface area contributed by atoms with E-state index in [1.807, 2.05) is 47.8 Å². The molecule has 0 fully saturated rings. The van der Waals surface area contributed by atoms with Gasteiger partial charge in [0.25, 0.3) is 5.91 Å². The van der Waals surface area contributed by atoms with Crippen LogP contribution in [0.3, 0.4) is 0 Å². The molecule has 4 rings (SSSR count). The third kappa shape index (κ3) is 3.67. The second-order valence-electron chi connectivity index (χ2n) is 6.32. The average Bonchev–Trinajstić information content (AvgIpc) is 3.28. The number of hydrogen-bond acceptors (Lipinski definition) is 6. The lowest BCUT2D eigenvalue weighted by molar-refractivity contribution is -0.136. The molecule has 1 aromatic carbocycles. The quantitative estimate of drug-likeness (QED) is 0.677. The minimum Gasteiger partial charge on any atom is -0.301 e. The van der Waals surface area contributed by atoms with Crippen LogP contribution in [-0.4, -0.2) is 32.5 Å². The van der Waals surface area contributed by atoms with Gasteiger partial charge in [-0.2, -0.15) is 5.10 Å². The van der Waals surface area contributed by atoms with E-state index in [9.17, 15) is 9.59 Å². The number of carbonyl (C=O) groups excluding carboxylic acids is 2. The molecule has 1 atom stereocenters. The zero-order valence-corrected chi connectivity index (χ0v) is 15.9. The minimum absolute atomic E-state index is 0.331. The number of thiazole rings is 1. The Bertz CT molecular complexity index is 1030. The van der Waals surface area contributed by atoms with Crippen LogP contribution in [0.15, 0.2) is 65.3 Å². The number of aromatic nitrogens is 2. The van der Waals surface area contributed by atoms with Crippen LogP contribution < -0.4 is 5.32 Å². The molecule has 8 heteroatoms. The summed E-state index contributed by atoms with van der Waals surface area (Å²) in [6.45, 7) is 2.03. The Morgan fingerprint density at radius 1 is 1.21 bits per heavy atom. The number of amides is 2. The first-order chi connectivity index (χ1) is 13.6. The topological polar surface area (TPSA) is 87.5 Å². The van der Waals surface area contributed by atoms with Crippen molar-refractivity contribution in [1.29, 1.82) is 0 Å². The van der Waals surface area contributed by atoms with Crippen molar-refractivity contribution in [3.8, 4) is 11.3 Å².